The molecule has 0 bridgehead atoms. The molecule has 0 saturated carbocycles. The van der Waals surface area contributed by atoms with Crippen molar-refractivity contribution in [3.8, 4) is 0 Å². The highest BCUT2D eigenvalue weighted by Crippen LogP contribution is 2.23. The van der Waals surface area contributed by atoms with Crippen LogP contribution in [-0.4, -0.2) is 23.1 Å². The SMILES string of the molecule is Cc1ccc(C2CC(C(=O)N/N=C/c3cccnc3)NN2)o1. The Morgan fingerprint density at radius 1 is 1.45 bits per heavy atom. The molecule has 2 atom stereocenters. The second kappa shape index (κ2) is 6.50. The number of carbonyl (C=O) groups excluding carboxylic acids is 1. The number of pyridine rings is 1. The largest absolute Gasteiger partial charge is 0.465 e. The van der Waals surface area contributed by atoms with E-state index in [1.165, 1.54) is 0 Å². The number of hydrogen-bond donors (Lipinski definition) is 3. The Morgan fingerprint density at radius 2 is 2.36 bits per heavy atom. The first kappa shape index (κ1) is 14.4. The van der Waals surface area contributed by atoms with Gasteiger partial charge in [0.2, 0.25) is 0 Å². The van der Waals surface area contributed by atoms with Crippen LogP contribution in [0.1, 0.15) is 29.5 Å². The zero-order valence-corrected chi connectivity index (χ0v) is 12.1. The summed E-state index contributed by atoms with van der Waals surface area (Å²) in [7, 11) is 0. The summed E-state index contributed by atoms with van der Waals surface area (Å²) < 4.78 is 5.56. The second-order valence-corrected chi connectivity index (χ2v) is 5.10. The van der Waals surface area contributed by atoms with Gasteiger partial charge in [0.1, 0.15) is 17.6 Å². The van der Waals surface area contributed by atoms with Crippen molar-refractivity contribution in [2.45, 2.75) is 25.4 Å². The second-order valence-electron chi connectivity index (χ2n) is 5.10. The first-order valence-corrected chi connectivity index (χ1v) is 7.03. The lowest BCUT2D eigenvalue weighted by Gasteiger charge is -2.06. The van der Waals surface area contributed by atoms with Crippen molar-refractivity contribution >= 4 is 12.1 Å². The molecule has 1 aliphatic heterocycles. The molecule has 7 heteroatoms. The van der Waals surface area contributed by atoms with E-state index in [2.05, 4.69) is 26.4 Å². The van der Waals surface area contributed by atoms with Gasteiger partial charge in [-0.25, -0.2) is 16.3 Å². The molecule has 0 radical (unpaired) electrons. The van der Waals surface area contributed by atoms with Crippen LogP contribution in [-0.2, 0) is 4.79 Å². The lowest BCUT2D eigenvalue weighted by molar-refractivity contribution is -0.122. The molecule has 1 aliphatic rings. The van der Waals surface area contributed by atoms with E-state index in [0.29, 0.717) is 6.42 Å². The van der Waals surface area contributed by atoms with Crippen molar-refractivity contribution in [2.24, 2.45) is 5.10 Å². The molecule has 1 amide bonds. The van der Waals surface area contributed by atoms with Crippen molar-refractivity contribution < 1.29 is 9.21 Å². The van der Waals surface area contributed by atoms with Crippen molar-refractivity contribution in [3.63, 3.8) is 0 Å². The quantitative estimate of drug-likeness (QED) is 0.579. The summed E-state index contributed by atoms with van der Waals surface area (Å²) in [6.45, 7) is 1.89. The van der Waals surface area contributed by atoms with Gasteiger partial charge in [0.25, 0.3) is 5.91 Å². The van der Waals surface area contributed by atoms with Crippen molar-refractivity contribution in [3.05, 3.63) is 53.7 Å². The molecule has 2 aromatic heterocycles. The molecule has 0 spiro atoms. The Hall–Kier alpha value is -2.51. The van der Waals surface area contributed by atoms with Crippen LogP contribution in [0.3, 0.4) is 0 Å². The van der Waals surface area contributed by atoms with Crippen molar-refractivity contribution in [1.29, 1.82) is 0 Å². The van der Waals surface area contributed by atoms with Crippen LogP contribution < -0.4 is 16.3 Å². The first-order valence-electron chi connectivity index (χ1n) is 7.03. The highest BCUT2D eigenvalue weighted by atomic mass is 16.3. The van der Waals surface area contributed by atoms with Crippen molar-refractivity contribution in [1.82, 2.24) is 21.3 Å². The summed E-state index contributed by atoms with van der Waals surface area (Å²) in [6.07, 6.45) is 5.50. The molecule has 7 nitrogen and oxygen atoms in total. The monoisotopic (exact) mass is 299 g/mol. The highest BCUT2D eigenvalue weighted by Gasteiger charge is 2.31. The standard InChI is InChI=1S/C15H17N5O2/c1-10-4-5-14(22-10)12-7-13(19-18-12)15(21)20-17-9-11-3-2-6-16-8-11/h2-6,8-9,12-13,18-19H,7H2,1H3,(H,20,21)/b17-9+. The van der Waals surface area contributed by atoms with Gasteiger partial charge in [-0.15, -0.1) is 0 Å². The van der Waals surface area contributed by atoms with E-state index in [4.69, 9.17) is 4.42 Å². The minimum absolute atomic E-state index is 0.0215. The third-order valence-electron chi connectivity index (χ3n) is 3.40. The van der Waals surface area contributed by atoms with Gasteiger partial charge in [-0.3, -0.25) is 9.78 Å². The van der Waals surface area contributed by atoms with E-state index in [1.54, 1.807) is 18.6 Å². The fraction of sp³-hybridized carbons (Fsp3) is 0.267. The van der Waals surface area contributed by atoms with E-state index in [-0.39, 0.29) is 18.0 Å². The lowest BCUT2D eigenvalue weighted by Crippen LogP contribution is -2.41. The molecule has 3 N–H and O–H groups in total. The molecule has 3 rings (SSSR count). The zero-order chi connectivity index (χ0) is 15.4. The van der Waals surface area contributed by atoms with Crippen molar-refractivity contribution in [2.75, 3.05) is 0 Å². The number of hydrazine groups is 1. The molecule has 3 heterocycles. The summed E-state index contributed by atoms with van der Waals surface area (Å²) in [4.78, 5) is 16.0. The van der Waals surface area contributed by atoms with Crippen LogP contribution in [0, 0.1) is 6.92 Å². The lowest BCUT2D eigenvalue weighted by atomic mass is 10.1. The van der Waals surface area contributed by atoms with Crippen LogP contribution in [0.2, 0.25) is 0 Å². The van der Waals surface area contributed by atoms with Gasteiger partial charge in [0, 0.05) is 18.0 Å². The Bertz CT molecular complexity index is 668. The number of aryl methyl sites for hydroxylation is 1. The average Bonchev–Trinajstić information content (AvgIpc) is 3.17. The summed E-state index contributed by atoms with van der Waals surface area (Å²) in [5.41, 5.74) is 9.36. The number of amides is 1. The molecule has 2 aromatic rings. The van der Waals surface area contributed by atoms with Crippen LogP contribution in [0.25, 0.3) is 0 Å². The van der Waals surface area contributed by atoms with Crippen LogP contribution in [0.5, 0.6) is 0 Å². The summed E-state index contributed by atoms with van der Waals surface area (Å²) >= 11 is 0. The molecular formula is C15H17N5O2. The fourth-order valence-corrected chi connectivity index (χ4v) is 2.26. The number of aromatic nitrogens is 1. The van der Waals surface area contributed by atoms with E-state index in [9.17, 15) is 4.79 Å². The molecule has 2 unspecified atom stereocenters. The third kappa shape index (κ3) is 3.38. The first-order chi connectivity index (χ1) is 10.7. The molecular weight excluding hydrogens is 282 g/mol. The van der Waals surface area contributed by atoms with E-state index in [1.807, 2.05) is 31.2 Å². The summed E-state index contributed by atoms with van der Waals surface area (Å²) in [6, 6.07) is 7.10. The maximum atomic E-state index is 12.0. The van der Waals surface area contributed by atoms with Crippen LogP contribution in [0.15, 0.2) is 46.2 Å². The highest BCUT2D eigenvalue weighted by molar-refractivity contribution is 5.84. The predicted molar refractivity (Wildman–Crippen MR) is 80.8 cm³/mol. The van der Waals surface area contributed by atoms with E-state index < -0.39 is 0 Å². The van der Waals surface area contributed by atoms with E-state index >= 15 is 0 Å². The number of nitrogens with one attached hydrogen (secondary N) is 3. The normalized spacial score (nSPS) is 21.3. The van der Waals surface area contributed by atoms with Gasteiger partial charge in [0.15, 0.2) is 0 Å². The molecule has 1 saturated heterocycles. The number of nitrogens with zero attached hydrogens (tertiary/aromatic N) is 2. The molecule has 1 fully saturated rings. The maximum absolute atomic E-state index is 12.0. The van der Waals surface area contributed by atoms with Gasteiger partial charge in [-0.2, -0.15) is 5.10 Å². The molecule has 114 valence electrons. The van der Waals surface area contributed by atoms with Crippen LogP contribution >= 0.6 is 0 Å². The molecule has 0 aliphatic carbocycles. The third-order valence-corrected chi connectivity index (χ3v) is 3.40. The Labute approximate surface area is 127 Å². The zero-order valence-electron chi connectivity index (χ0n) is 12.1. The predicted octanol–water partition coefficient (Wildman–Crippen LogP) is 1.04. The topological polar surface area (TPSA) is 91.5 Å². The smallest absolute Gasteiger partial charge is 0.258 e. The maximum Gasteiger partial charge on any atom is 0.258 e. The van der Waals surface area contributed by atoms with Gasteiger partial charge in [0.05, 0.1) is 12.3 Å². The summed E-state index contributed by atoms with van der Waals surface area (Å²) in [5.74, 6) is 1.48. The molecule has 0 aromatic carbocycles. The van der Waals surface area contributed by atoms with Gasteiger partial charge in [-0.05, 0) is 31.5 Å². The number of hydrogen-bond acceptors (Lipinski definition) is 6. The van der Waals surface area contributed by atoms with Gasteiger partial charge < -0.3 is 4.42 Å². The Morgan fingerprint density at radius 3 is 3.09 bits per heavy atom. The van der Waals surface area contributed by atoms with Crippen LogP contribution in [0.4, 0.5) is 0 Å². The minimum atomic E-state index is -0.360. The molecule has 22 heavy (non-hydrogen) atoms. The Kier molecular flexibility index (Phi) is 4.27. The average molecular weight is 299 g/mol. The number of furan rings is 1. The van der Waals surface area contributed by atoms with Gasteiger partial charge in [-0.1, -0.05) is 6.07 Å². The van der Waals surface area contributed by atoms with E-state index in [0.717, 1.165) is 17.1 Å². The number of hydrazone groups is 1. The minimum Gasteiger partial charge on any atom is -0.465 e. The van der Waals surface area contributed by atoms with Gasteiger partial charge >= 0.3 is 0 Å². The fourth-order valence-electron chi connectivity index (χ4n) is 2.26. The Balaban J connectivity index is 1.52. The summed E-state index contributed by atoms with van der Waals surface area (Å²) in [5, 5.41) is 3.93. The number of rotatable bonds is 4. The number of carbonyl (C=O) groups is 1.